The number of nitrogens with one attached hydrogen (secondary N) is 2. The third-order valence-electron chi connectivity index (χ3n) is 8.19. The van der Waals surface area contributed by atoms with Crippen LogP contribution in [0.2, 0.25) is 0 Å². The lowest BCUT2D eigenvalue weighted by Gasteiger charge is -2.31. The van der Waals surface area contributed by atoms with Gasteiger partial charge in [0, 0.05) is 23.1 Å². The lowest BCUT2D eigenvalue weighted by Crippen LogP contribution is -2.44. The maximum atomic E-state index is 13.7. The first-order valence-corrected chi connectivity index (χ1v) is 16.8. The molecule has 8 nitrogen and oxygen atoms in total. The average Bonchev–Trinajstić information content (AvgIpc) is 2.97. The Hall–Kier alpha value is -4.24. The molecule has 3 aromatic carbocycles. The van der Waals surface area contributed by atoms with Gasteiger partial charge in [0.25, 0.3) is 15.9 Å². The van der Waals surface area contributed by atoms with Gasteiger partial charge in [0.05, 0.1) is 16.6 Å². The lowest BCUT2D eigenvalue weighted by molar-refractivity contribution is 0.0906. The normalized spacial score (nSPS) is 17.2. The molecule has 2 N–H and O–H groups in total. The smallest absolute Gasteiger partial charge is 0.264 e. The van der Waals surface area contributed by atoms with Crippen LogP contribution in [0, 0.1) is 19.8 Å². The highest BCUT2D eigenvalue weighted by molar-refractivity contribution is 7.92. The van der Waals surface area contributed by atoms with Crippen molar-refractivity contribution >= 4 is 21.9 Å². The van der Waals surface area contributed by atoms with E-state index in [4.69, 9.17) is 4.74 Å². The number of hydrogen-bond donors (Lipinski definition) is 2. The zero-order valence-corrected chi connectivity index (χ0v) is 27.8. The highest BCUT2D eigenvalue weighted by Gasteiger charge is 2.30. The van der Waals surface area contributed by atoms with Crippen LogP contribution >= 0.6 is 0 Å². The van der Waals surface area contributed by atoms with Crippen molar-refractivity contribution in [1.29, 1.82) is 0 Å². The molecular weight excluding hydrogens is 584 g/mol. The number of anilines is 1. The van der Waals surface area contributed by atoms with E-state index in [1.165, 1.54) is 17.7 Å². The number of fused-ring (bicyclic) bond motifs is 4. The Morgan fingerprint density at radius 2 is 1.62 bits per heavy atom. The lowest BCUT2D eigenvalue weighted by atomic mass is 9.80. The third-order valence-corrected chi connectivity index (χ3v) is 9.52. The van der Waals surface area contributed by atoms with Gasteiger partial charge in [0.15, 0.2) is 0 Å². The van der Waals surface area contributed by atoms with Crippen LogP contribution in [-0.4, -0.2) is 36.9 Å². The van der Waals surface area contributed by atoms with Crippen molar-refractivity contribution in [2.24, 2.45) is 5.92 Å². The molecule has 9 heteroatoms. The summed E-state index contributed by atoms with van der Waals surface area (Å²) in [6.45, 7) is 15.0. The summed E-state index contributed by atoms with van der Waals surface area (Å²) in [7, 11) is -4.12. The fourth-order valence-electron chi connectivity index (χ4n) is 5.84. The molecule has 0 saturated carbocycles. The standard InChI is InChI=1S/C36H42N4O4S/c1-22(2)17-29(25-13-9-15-27(18-25)36(5,6)7)31-21-44-32-20-30(33-23(3)11-8-12-24(33)4)38-35(39-32)40-45(42,43)28-16-10-14-26(19-28)34(41)37-31/h8-16,18-20,22,29,31H,17,21H2,1-7H3,(H,37,41)(H,38,39,40). The molecule has 0 saturated heterocycles. The predicted molar refractivity (Wildman–Crippen MR) is 178 cm³/mol. The molecule has 0 radical (unpaired) electrons. The number of sulfonamides is 1. The molecule has 2 unspecified atom stereocenters. The van der Waals surface area contributed by atoms with Crippen LogP contribution in [-0.2, 0) is 15.4 Å². The van der Waals surface area contributed by atoms with Crippen molar-refractivity contribution in [1.82, 2.24) is 15.3 Å². The first-order chi connectivity index (χ1) is 21.2. The van der Waals surface area contributed by atoms with Crippen molar-refractivity contribution in [3.63, 3.8) is 0 Å². The number of rotatable bonds is 5. The molecule has 4 aromatic rings. The second-order valence-electron chi connectivity index (χ2n) is 13.3. The number of ether oxygens (including phenoxy) is 1. The Kier molecular flexibility index (Phi) is 9.03. The molecular formula is C36H42N4O4S. The van der Waals surface area contributed by atoms with Gasteiger partial charge in [-0.2, -0.15) is 4.98 Å². The number of benzene rings is 3. The van der Waals surface area contributed by atoms with Crippen LogP contribution < -0.4 is 14.8 Å². The van der Waals surface area contributed by atoms with Gasteiger partial charge in [-0.1, -0.05) is 83.1 Å². The zero-order chi connectivity index (χ0) is 32.5. The number of hydrogen-bond acceptors (Lipinski definition) is 6. The van der Waals surface area contributed by atoms with Crippen molar-refractivity contribution in [2.75, 3.05) is 11.3 Å². The number of carbonyl (C=O) groups is 1. The molecule has 0 fully saturated rings. The fourth-order valence-corrected chi connectivity index (χ4v) is 6.83. The van der Waals surface area contributed by atoms with E-state index >= 15 is 0 Å². The molecule has 5 rings (SSSR count). The van der Waals surface area contributed by atoms with Crippen LogP contribution in [0.1, 0.15) is 79.6 Å². The van der Waals surface area contributed by atoms with Gasteiger partial charge >= 0.3 is 0 Å². The number of aryl methyl sites for hydroxylation is 2. The molecule has 236 valence electrons. The van der Waals surface area contributed by atoms with Gasteiger partial charge in [-0.05, 0) is 72.1 Å². The summed E-state index contributed by atoms with van der Waals surface area (Å²) in [6, 6.07) is 21.7. The average molecular weight is 627 g/mol. The van der Waals surface area contributed by atoms with E-state index in [2.05, 4.69) is 78.9 Å². The molecule has 0 spiro atoms. The molecule has 45 heavy (non-hydrogen) atoms. The first-order valence-electron chi connectivity index (χ1n) is 15.3. The third kappa shape index (κ3) is 7.36. The molecule has 1 amide bonds. The zero-order valence-electron chi connectivity index (χ0n) is 27.0. The molecule has 1 aliphatic heterocycles. The van der Waals surface area contributed by atoms with E-state index in [1.54, 1.807) is 18.2 Å². The molecule has 2 atom stereocenters. The minimum Gasteiger partial charge on any atom is -0.475 e. The Balaban J connectivity index is 1.66. The maximum Gasteiger partial charge on any atom is 0.264 e. The molecule has 1 aliphatic rings. The monoisotopic (exact) mass is 626 g/mol. The van der Waals surface area contributed by atoms with E-state index in [0.29, 0.717) is 11.6 Å². The van der Waals surface area contributed by atoms with Gasteiger partial charge in [0.1, 0.15) is 6.61 Å². The van der Waals surface area contributed by atoms with Crippen molar-refractivity contribution in [3.05, 3.63) is 101 Å². The van der Waals surface area contributed by atoms with Crippen LogP contribution in [0.3, 0.4) is 0 Å². The summed E-state index contributed by atoms with van der Waals surface area (Å²) in [6.07, 6.45) is 0.792. The Bertz CT molecular complexity index is 1810. The van der Waals surface area contributed by atoms with E-state index < -0.39 is 16.1 Å². The number of amides is 1. The van der Waals surface area contributed by atoms with Gasteiger partial charge in [-0.15, -0.1) is 0 Å². The minimum atomic E-state index is -4.12. The predicted octanol–water partition coefficient (Wildman–Crippen LogP) is 7.18. The number of aromatic nitrogens is 2. The van der Waals surface area contributed by atoms with Crippen LogP contribution in [0.4, 0.5) is 5.95 Å². The maximum absolute atomic E-state index is 13.7. The molecule has 2 heterocycles. The highest BCUT2D eigenvalue weighted by Crippen LogP contribution is 2.33. The molecule has 0 aliphatic carbocycles. The SMILES string of the molecule is Cc1cccc(C)c1-c1cc2nc(n1)NS(=O)(=O)c1cccc(c1)C(=O)NC(C(CC(C)C)c1cccc(C(C)(C)C)c1)CO2. The summed E-state index contributed by atoms with van der Waals surface area (Å²) in [5.74, 6) is -0.0475. The van der Waals surface area contributed by atoms with E-state index in [-0.39, 0.29) is 46.1 Å². The Labute approximate surface area is 266 Å². The van der Waals surface area contributed by atoms with E-state index in [9.17, 15) is 13.2 Å². The minimum absolute atomic E-state index is 0.0523. The van der Waals surface area contributed by atoms with Crippen LogP contribution in [0.25, 0.3) is 11.3 Å². The first kappa shape index (κ1) is 32.2. The second kappa shape index (κ2) is 12.6. The van der Waals surface area contributed by atoms with Crippen LogP contribution in [0.5, 0.6) is 5.88 Å². The van der Waals surface area contributed by atoms with Gasteiger partial charge in [-0.3, -0.25) is 4.79 Å². The number of carbonyl (C=O) groups excluding carboxylic acids is 1. The fraction of sp³-hybridized carbons (Fsp3) is 0.361. The van der Waals surface area contributed by atoms with Crippen molar-refractivity contribution < 1.29 is 17.9 Å². The largest absolute Gasteiger partial charge is 0.475 e. The van der Waals surface area contributed by atoms with Crippen LogP contribution in [0.15, 0.2) is 77.7 Å². The second-order valence-corrected chi connectivity index (χ2v) is 15.0. The quantitative estimate of drug-likeness (QED) is 0.243. The summed E-state index contributed by atoms with van der Waals surface area (Å²) in [4.78, 5) is 22.8. The van der Waals surface area contributed by atoms with Crippen molar-refractivity contribution in [3.8, 4) is 17.1 Å². The number of nitrogens with zero attached hydrogens (tertiary/aromatic N) is 2. The van der Waals surface area contributed by atoms with Gasteiger partial charge in [-0.25, -0.2) is 18.1 Å². The summed E-state index contributed by atoms with van der Waals surface area (Å²) >= 11 is 0. The highest BCUT2D eigenvalue weighted by atomic mass is 32.2. The van der Waals surface area contributed by atoms with Gasteiger partial charge in [0.2, 0.25) is 11.8 Å². The van der Waals surface area contributed by atoms with Gasteiger partial charge < -0.3 is 10.1 Å². The molecule has 1 aromatic heterocycles. The van der Waals surface area contributed by atoms with Crippen molar-refractivity contribution in [2.45, 2.75) is 77.2 Å². The summed E-state index contributed by atoms with van der Waals surface area (Å²) in [5.41, 5.74) is 5.87. The Morgan fingerprint density at radius 3 is 2.31 bits per heavy atom. The summed E-state index contributed by atoms with van der Waals surface area (Å²) in [5, 5.41) is 3.20. The summed E-state index contributed by atoms with van der Waals surface area (Å²) < 4.78 is 35.9. The van der Waals surface area contributed by atoms with E-state index in [0.717, 1.165) is 28.7 Å². The topological polar surface area (TPSA) is 110 Å². The molecule has 4 bridgehead atoms. The Morgan fingerprint density at radius 1 is 0.933 bits per heavy atom. The van der Waals surface area contributed by atoms with E-state index in [1.807, 2.05) is 32.0 Å².